The van der Waals surface area contributed by atoms with Crippen LogP contribution in [0.4, 0.5) is 0 Å². The second-order valence-electron chi connectivity index (χ2n) is 5.40. The van der Waals surface area contributed by atoms with Crippen molar-refractivity contribution in [2.24, 2.45) is 4.99 Å². The molecule has 2 rings (SSSR count). The predicted molar refractivity (Wildman–Crippen MR) is 98.2 cm³/mol. The lowest BCUT2D eigenvalue weighted by Gasteiger charge is -2.13. The topological polar surface area (TPSA) is 65.5 Å². The smallest absolute Gasteiger partial charge is 0.251 e. The van der Waals surface area contributed by atoms with Gasteiger partial charge in [-0.3, -0.25) is 9.79 Å². The van der Waals surface area contributed by atoms with Crippen molar-refractivity contribution in [2.45, 2.75) is 13.5 Å². The Hall–Kier alpha value is -2.82. The Morgan fingerprint density at radius 1 is 0.917 bits per heavy atom. The number of carbonyl (C=O) groups is 1. The summed E-state index contributed by atoms with van der Waals surface area (Å²) in [5, 5.41) is 9.34. The molecular weight excluding hydrogens is 300 g/mol. The minimum Gasteiger partial charge on any atom is -0.355 e. The third-order valence-electron chi connectivity index (χ3n) is 3.67. The fourth-order valence-electron chi connectivity index (χ4n) is 2.26. The fourth-order valence-corrected chi connectivity index (χ4v) is 2.26. The molecule has 0 aliphatic carbocycles. The van der Waals surface area contributed by atoms with Gasteiger partial charge < -0.3 is 16.0 Å². The van der Waals surface area contributed by atoms with Crippen LogP contribution in [0.3, 0.4) is 0 Å². The van der Waals surface area contributed by atoms with Crippen molar-refractivity contribution in [3.63, 3.8) is 0 Å². The molecule has 0 atom stereocenters. The van der Waals surface area contributed by atoms with Crippen LogP contribution in [0.2, 0.25) is 0 Å². The zero-order chi connectivity index (χ0) is 17.2. The molecule has 3 N–H and O–H groups in total. The van der Waals surface area contributed by atoms with Crippen molar-refractivity contribution in [1.29, 1.82) is 0 Å². The molecule has 1 amide bonds. The number of aliphatic imine (C=N–C) groups is 1. The zero-order valence-corrected chi connectivity index (χ0v) is 14.2. The van der Waals surface area contributed by atoms with E-state index in [1.165, 1.54) is 11.1 Å². The molecule has 0 saturated carbocycles. The molecule has 0 bridgehead atoms. The first-order chi connectivity index (χ1) is 11.7. The molecule has 0 fully saturated rings. The van der Waals surface area contributed by atoms with Gasteiger partial charge >= 0.3 is 0 Å². The number of carbonyl (C=O) groups excluding carboxylic acids is 1. The van der Waals surface area contributed by atoms with Crippen molar-refractivity contribution in [3.8, 4) is 0 Å². The SMILES string of the molecule is CN=C(NCCNC(=O)c1ccccc1)NCc1ccccc1C. The molecule has 0 aliphatic rings. The van der Waals surface area contributed by atoms with Gasteiger partial charge in [-0.05, 0) is 30.2 Å². The summed E-state index contributed by atoms with van der Waals surface area (Å²) in [7, 11) is 1.73. The highest BCUT2D eigenvalue weighted by molar-refractivity contribution is 5.94. The highest BCUT2D eigenvalue weighted by Crippen LogP contribution is 2.05. The predicted octanol–water partition coefficient (Wildman–Crippen LogP) is 2.09. The molecule has 0 aliphatic heterocycles. The Morgan fingerprint density at radius 2 is 1.58 bits per heavy atom. The van der Waals surface area contributed by atoms with E-state index in [9.17, 15) is 4.79 Å². The zero-order valence-electron chi connectivity index (χ0n) is 14.2. The number of aryl methyl sites for hydroxylation is 1. The summed E-state index contributed by atoms with van der Waals surface area (Å²) in [6.45, 7) is 3.93. The summed E-state index contributed by atoms with van der Waals surface area (Å²) in [4.78, 5) is 16.1. The van der Waals surface area contributed by atoms with Crippen molar-refractivity contribution in [2.75, 3.05) is 20.1 Å². The van der Waals surface area contributed by atoms with E-state index in [0.717, 1.165) is 0 Å². The number of amides is 1. The van der Waals surface area contributed by atoms with Gasteiger partial charge in [-0.15, -0.1) is 0 Å². The van der Waals surface area contributed by atoms with E-state index >= 15 is 0 Å². The second-order valence-corrected chi connectivity index (χ2v) is 5.40. The minimum atomic E-state index is -0.0692. The summed E-state index contributed by atoms with van der Waals surface area (Å²) in [6.07, 6.45) is 0. The number of hydrogen-bond donors (Lipinski definition) is 3. The van der Waals surface area contributed by atoms with Crippen LogP contribution in [0, 0.1) is 6.92 Å². The van der Waals surface area contributed by atoms with E-state index in [2.05, 4.69) is 40.0 Å². The van der Waals surface area contributed by atoms with Gasteiger partial charge in [0.15, 0.2) is 5.96 Å². The molecule has 0 saturated heterocycles. The maximum absolute atomic E-state index is 11.9. The molecule has 24 heavy (non-hydrogen) atoms. The first-order valence-electron chi connectivity index (χ1n) is 8.03. The molecule has 5 nitrogen and oxygen atoms in total. The van der Waals surface area contributed by atoms with Gasteiger partial charge in [0, 0.05) is 32.2 Å². The van der Waals surface area contributed by atoms with Gasteiger partial charge in [-0.25, -0.2) is 0 Å². The molecule has 126 valence electrons. The summed E-state index contributed by atoms with van der Waals surface area (Å²) in [6, 6.07) is 17.4. The standard InChI is InChI=1S/C19H24N4O/c1-15-8-6-7-11-17(15)14-23-19(20-2)22-13-12-21-18(24)16-9-4-3-5-10-16/h3-11H,12-14H2,1-2H3,(H,21,24)(H2,20,22,23). The van der Waals surface area contributed by atoms with Crippen molar-refractivity contribution >= 4 is 11.9 Å². The van der Waals surface area contributed by atoms with Crippen LogP contribution in [-0.2, 0) is 6.54 Å². The highest BCUT2D eigenvalue weighted by atomic mass is 16.1. The van der Waals surface area contributed by atoms with Crippen LogP contribution in [0.1, 0.15) is 21.5 Å². The Balaban J connectivity index is 1.70. The van der Waals surface area contributed by atoms with Gasteiger partial charge in [0.25, 0.3) is 5.91 Å². The maximum atomic E-state index is 11.9. The van der Waals surface area contributed by atoms with Gasteiger partial charge in [0.05, 0.1) is 0 Å². The largest absolute Gasteiger partial charge is 0.355 e. The summed E-state index contributed by atoms with van der Waals surface area (Å²) in [5.41, 5.74) is 3.15. The molecule has 0 aromatic heterocycles. The lowest BCUT2D eigenvalue weighted by Crippen LogP contribution is -2.41. The van der Waals surface area contributed by atoms with E-state index in [-0.39, 0.29) is 5.91 Å². The third kappa shape index (κ3) is 5.43. The molecule has 0 heterocycles. The molecular formula is C19H24N4O. The van der Waals surface area contributed by atoms with E-state index in [0.29, 0.717) is 31.2 Å². The number of guanidine groups is 1. The number of hydrogen-bond acceptors (Lipinski definition) is 2. The fraction of sp³-hybridized carbons (Fsp3) is 0.263. The molecule has 0 unspecified atom stereocenters. The van der Waals surface area contributed by atoms with Gasteiger partial charge in [-0.2, -0.15) is 0 Å². The lowest BCUT2D eigenvalue weighted by atomic mass is 10.1. The molecule has 0 radical (unpaired) electrons. The van der Waals surface area contributed by atoms with Gasteiger partial charge in [0.2, 0.25) is 0 Å². The van der Waals surface area contributed by atoms with Gasteiger partial charge in [-0.1, -0.05) is 42.5 Å². The second kappa shape index (κ2) is 9.35. The summed E-state index contributed by atoms with van der Waals surface area (Å²) in [5.74, 6) is 0.646. The van der Waals surface area contributed by atoms with Crippen molar-refractivity contribution in [1.82, 2.24) is 16.0 Å². The number of nitrogens with one attached hydrogen (secondary N) is 3. The van der Waals surface area contributed by atoms with E-state index < -0.39 is 0 Å². The van der Waals surface area contributed by atoms with Crippen LogP contribution in [0.5, 0.6) is 0 Å². The van der Waals surface area contributed by atoms with Gasteiger partial charge in [0.1, 0.15) is 0 Å². The molecule has 2 aromatic rings. The molecule has 0 spiro atoms. The summed E-state index contributed by atoms with van der Waals surface area (Å²) < 4.78 is 0. The Kier molecular flexibility index (Phi) is 6.83. The van der Waals surface area contributed by atoms with Crippen LogP contribution in [-0.4, -0.2) is 32.0 Å². The third-order valence-corrected chi connectivity index (χ3v) is 3.67. The normalized spacial score (nSPS) is 11.0. The number of nitrogens with zero attached hydrogens (tertiary/aromatic N) is 1. The molecule has 2 aromatic carbocycles. The summed E-state index contributed by atoms with van der Waals surface area (Å²) >= 11 is 0. The van der Waals surface area contributed by atoms with Crippen LogP contribution in [0.25, 0.3) is 0 Å². The Bertz CT molecular complexity index is 683. The highest BCUT2D eigenvalue weighted by Gasteiger charge is 2.04. The first-order valence-corrected chi connectivity index (χ1v) is 8.03. The molecule has 5 heteroatoms. The number of benzene rings is 2. The average Bonchev–Trinajstić information content (AvgIpc) is 2.63. The van der Waals surface area contributed by atoms with Crippen LogP contribution < -0.4 is 16.0 Å². The number of rotatable bonds is 6. The van der Waals surface area contributed by atoms with E-state index in [1.807, 2.05) is 30.3 Å². The maximum Gasteiger partial charge on any atom is 0.251 e. The van der Waals surface area contributed by atoms with E-state index in [4.69, 9.17) is 0 Å². The van der Waals surface area contributed by atoms with Crippen LogP contribution >= 0.6 is 0 Å². The Labute approximate surface area is 143 Å². The minimum absolute atomic E-state index is 0.0692. The average molecular weight is 324 g/mol. The van der Waals surface area contributed by atoms with Crippen molar-refractivity contribution < 1.29 is 4.79 Å². The van der Waals surface area contributed by atoms with Crippen LogP contribution in [0.15, 0.2) is 59.6 Å². The Morgan fingerprint density at radius 3 is 2.29 bits per heavy atom. The first kappa shape index (κ1) is 17.5. The monoisotopic (exact) mass is 324 g/mol. The van der Waals surface area contributed by atoms with E-state index in [1.54, 1.807) is 19.2 Å². The lowest BCUT2D eigenvalue weighted by molar-refractivity contribution is 0.0954. The van der Waals surface area contributed by atoms with Crippen molar-refractivity contribution in [3.05, 3.63) is 71.3 Å². The quantitative estimate of drug-likeness (QED) is 0.433.